The molecule has 0 aliphatic heterocycles. The number of nitro benzene ring substituents is 1. The zero-order chi connectivity index (χ0) is 20.8. The smallest absolute Gasteiger partial charge is 0.293 e. The molecule has 29 heavy (non-hydrogen) atoms. The first kappa shape index (κ1) is 20.2. The van der Waals surface area contributed by atoms with Gasteiger partial charge in [-0.25, -0.2) is 4.98 Å². The first-order valence-electron chi connectivity index (χ1n) is 8.74. The number of amides is 2. The first-order chi connectivity index (χ1) is 13.9. The minimum absolute atomic E-state index is 0.0897. The Balaban J connectivity index is 1.83. The van der Waals surface area contributed by atoms with Crippen LogP contribution in [0.25, 0.3) is 0 Å². The Morgan fingerprint density at radius 2 is 1.93 bits per heavy atom. The summed E-state index contributed by atoms with van der Waals surface area (Å²) in [5.74, 6) is -1.70. The maximum Gasteiger partial charge on any atom is 0.293 e. The second-order valence-corrected chi connectivity index (χ2v) is 7.21. The minimum Gasteiger partial charge on any atom is -0.320 e. The lowest BCUT2D eigenvalue weighted by atomic mass is 9.94. The molecule has 1 unspecified atom stereocenters. The number of hydrogen-bond donors (Lipinski definition) is 2. The highest BCUT2D eigenvalue weighted by Crippen LogP contribution is 2.28. The fraction of sp³-hybridized carbons (Fsp3) is 0.150. The third-order valence-corrected chi connectivity index (χ3v) is 4.88. The molecule has 0 saturated carbocycles. The van der Waals surface area contributed by atoms with Gasteiger partial charge in [-0.05, 0) is 24.1 Å². The van der Waals surface area contributed by atoms with E-state index in [1.807, 2.05) is 0 Å². The van der Waals surface area contributed by atoms with E-state index in [9.17, 15) is 19.7 Å². The van der Waals surface area contributed by atoms with Crippen LogP contribution in [0.15, 0.2) is 60.1 Å². The summed E-state index contributed by atoms with van der Waals surface area (Å²) in [6.07, 6.45) is 1.44. The fourth-order valence-corrected chi connectivity index (χ4v) is 3.35. The summed E-state index contributed by atoms with van der Waals surface area (Å²) in [6, 6.07) is 13.4. The molecule has 1 aromatic heterocycles. The molecule has 3 rings (SSSR count). The molecule has 0 fully saturated rings. The Morgan fingerprint density at radius 1 is 1.17 bits per heavy atom. The van der Waals surface area contributed by atoms with Crippen LogP contribution in [0.3, 0.4) is 0 Å². The molecule has 1 heterocycles. The Kier molecular flexibility index (Phi) is 6.30. The quantitative estimate of drug-likeness (QED) is 0.449. The summed E-state index contributed by atoms with van der Waals surface area (Å²) < 4.78 is 0. The van der Waals surface area contributed by atoms with Crippen molar-refractivity contribution in [2.24, 2.45) is 0 Å². The second-order valence-electron chi connectivity index (χ2n) is 6.32. The van der Waals surface area contributed by atoms with Crippen molar-refractivity contribution < 1.29 is 14.5 Å². The van der Waals surface area contributed by atoms with Crippen LogP contribution in [0.4, 0.5) is 16.5 Å². The molecular formula is C20H18N4O4S. The number of rotatable bonds is 7. The molecule has 0 spiro atoms. The van der Waals surface area contributed by atoms with Gasteiger partial charge in [-0.1, -0.05) is 36.4 Å². The molecule has 3 aromatic rings. The first-order valence-corrected chi connectivity index (χ1v) is 9.62. The van der Waals surface area contributed by atoms with Crippen LogP contribution in [0, 0.1) is 17.0 Å². The van der Waals surface area contributed by atoms with Crippen molar-refractivity contribution in [3.05, 3.63) is 81.3 Å². The SMILES string of the molecule is Cc1ccc(NC(=O)C(CC(=O)Nc2nccs2)c2ccccc2)c([N+](=O)[O-])c1. The fourth-order valence-electron chi connectivity index (χ4n) is 2.81. The van der Waals surface area contributed by atoms with Crippen LogP contribution < -0.4 is 10.6 Å². The maximum absolute atomic E-state index is 13.0. The average molecular weight is 410 g/mol. The standard InChI is InChI=1S/C20H18N4O4S/c1-13-7-8-16(17(11-13)24(27)28)22-19(26)15(14-5-3-2-4-6-14)12-18(25)23-20-21-9-10-29-20/h2-11,15H,12H2,1H3,(H,22,26)(H,21,23,25). The van der Waals surface area contributed by atoms with E-state index in [0.29, 0.717) is 16.3 Å². The molecule has 0 radical (unpaired) electrons. The van der Waals surface area contributed by atoms with E-state index in [-0.39, 0.29) is 23.7 Å². The predicted molar refractivity (Wildman–Crippen MR) is 111 cm³/mol. The largest absolute Gasteiger partial charge is 0.320 e. The summed E-state index contributed by atoms with van der Waals surface area (Å²) >= 11 is 1.27. The molecule has 0 bridgehead atoms. The van der Waals surface area contributed by atoms with Crippen LogP contribution in [0.5, 0.6) is 0 Å². The Hall–Kier alpha value is -3.59. The number of carbonyl (C=O) groups excluding carboxylic acids is 2. The molecule has 0 aliphatic carbocycles. The van der Waals surface area contributed by atoms with Gasteiger partial charge in [0.15, 0.2) is 5.13 Å². The van der Waals surface area contributed by atoms with Crippen molar-refractivity contribution in [2.75, 3.05) is 10.6 Å². The molecule has 0 saturated heterocycles. The lowest BCUT2D eigenvalue weighted by Crippen LogP contribution is -2.26. The van der Waals surface area contributed by atoms with Gasteiger partial charge in [0.1, 0.15) is 5.69 Å². The Labute approximate surface area is 170 Å². The normalized spacial score (nSPS) is 11.5. The van der Waals surface area contributed by atoms with Crippen LogP contribution in [0.1, 0.15) is 23.5 Å². The lowest BCUT2D eigenvalue weighted by Gasteiger charge is -2.17. The van der Waals surface area contributed by atoms with Crippen molar-refractivity contribution >= 4 is 39.7 Å². The summed E-state index contributed by atoms with van der Waals surface area (Å²) in [4.78, 5) is 40.2. The molecule has 2 N–H and O–H groups in total. The molecular weight excluding hydrogens is 392 g/mol. The number of thiazole rings is 1. The number of nitro groups is 1. The second kappa shape index (κ2) is 9.07. The zero-order valence-electron chi connectivity index (χ0n) is 15.5. The van der Waals surface area contributed by atoms with Crippen molar-refractivity contribution in [1.29, 1.82) is 0 Å². The predicted octanol–water partition coefficient (Wildman–Crippen LogP) is 4.11. The highest BCUT2D eigenvalue weighted by molar-refractivity contribution is 7.13. The number of aromatic nitrogens is 1. The van der Waals surface area contributed by atoms with Gasteiger partial charge < -0.3 is 10.6 Å². The average Bonchev–Trinajstić information content (AvgIpc) is 3.21. The van der Waals surface area contributed by atoms with E-state index in [2.05, 4.69) is 15.6 Å². The topological polar surface area (TPSA) is 114 Å². The molecule has 0 aliphatic rings. The minimum atomic E-state index is -0.822. The molecule has 8 nitrogen and oxygen atoms in total. The van der Waals surface area contributed by atoms with E-state index in [1.54, 1.807) is 54.9 Å². The van der Waals surface area contributed by atoms with Gasteiger partial charge >= 0.3 is 0 Å². The number of carbonyl (C=O) groups is 2. The number of benzene rings is 2. The van der Waals surface area contributed by atoms with Crippen LogP contribution in [-0.2, 0) is 9.59 Å². The lowest BCUT2D eigenvalue weighted by molar-refractivity contribution is -0.384. The Morgan fingerprint density at radius 3 is 2.59 bits per heavy atom. The van der Waals surface area contributed by atoms with E-state index >= 15 is 0 Å². The number of anilines is 2. The van der Waals surface area contributed by atoms with Crippen molar-refractivity contribution in [3.63, 3.8) is 0 Å². The van der Waals surface area contributed by atoms with Crippen LogP contribution in [-0.4, -0.2) is 21.7 Å². The van der Waals surface area contributed by atoms with Gasteiger partial charge in [0.25, 0.3) is 5.69 Å². The van der Waals surface area contributed by atoms with Crippen molar-refractivity contribution in [3.8, 4) is 0 Å². The van der Waals surface area contributed by atoms with Crippen LogP contribution >= 0.6 is 11.3 Å². The highest BCUT2D eigenvalue weighted by atomic mass is 32.1. The third-order valence-electron chi connectivity index (χ3n) is 4.19. The molecule has 1 atom stereocenters. The Bertz CT molecular complexity index is 1020. The van der Waals surface area contributed by atoms with Crippen molar-refractivity contribution in [1.82, 2.24) is 4.98 Å². The van der Waals surface area contributed by atoms with Crippen molar-refractivity contribution in [2.45, 2.75) is 19.3 Å². The highest BCUT2D eigenvalue weighted by Gasteiger charge is 2.26. The number of aryl methyl sites for hydroxylation is 1. The zero-order valence-corrected chi connectivity index (χ0v) is 16.3. The van der Waals surface area contributed by atoms with Gasteiger partial charge in [-0.15, -0.1) is 11.3 Å². The van der Waals surface area contributed by atoms with E-state index in [1.165, 1.54) is 23.5 Å². The van der Waals surface area contributed by atoms with Gasteiger partial charge in [-0.3, -0.25) is 19.7 Å². The summed E-state index contributed by atoms with van der Waals surface area (Å²) in [5, 5.41) is 18.8. The van der Waals surface area contributed by atoms with Crippen LogP contribution in [0.2, 0.25) is 0 Å². The van der Waals surface area contributed by atoms with Gasteiger partial charge in [0.05, 0.1) is 10.8 Å². The molecule has 2 amide bonds. The van der Waals surface area contributed by atoms with E-state index in [4.69, 9.17) is 0 Å². The monoisotopic (exact) mass is 410 g/mol. The van der Waals surface area contributed by atoms with Gasteiger partial charge in [0.2, 0.25) is 11.8 Å². The summed E-state index contributed by atoms with van der Waals surface area (Å²) in [5.41, 5.74) is 1.23. The molecule has 2 aromatic carbocycles. The summed E-state index contributed by atoms with van der Waals surface area (Å²) in [7, 11) is 0. The number of hydrogen-bond acceptors (Lipinski definition) is 6. The van der Waals surface area contributed by atoms with Gasteiger partial charge in [-0.2, -0.15) is 0 Å². The number of nitrogens with zero attached hydrogens (tertiary/aromatic N) is 2. The van der Waals surface area contributed by atoms with Gasteiger partial charge in [0, 0.05) is 24.1 Å². The maximum atomic E-state index is 13.0. The molecule has 9 heteroatoms. The number of nitrogens with one attached hydrogen (secondary N) is 2. The van der Waals surface area contributed by atoms with E-state index < -0.39 is 16.7 Å². The summed E-state index contributed by atoms with van der Waals surface area (Å²) in [6.45, 7) is 1.73. The van der Waals surface area contributed by atoms with E-state index in [0.717, 1.165) is 0 Å². The third kappa shape index (κ3) is 5.23. The molecule has 148 valence electrons.